The van der Waals surface area contributed by atoms with Gasteiger partial charge >= 0.3 is 0 Å². The van der Waals surface area contributed by atoms with Gasteiger partial charge in [-0.05, 0) is 37.3 Å². The largest absolute Gasteiger partial charge is 0.481 e. The molecule has 118 valence electrons. The Balaban J connectivity index is 2.70. The molecule has 3 nitrogen and oxygen atoms in total. The predicted octanol–water partition coefficient (Wildman–Crippen LogP) is 3.95. The Kier molecular flexibility index (Phi) is 6.73. The molecule has 1 aromatic rings. The molecule has 1 rings (SSSR count). The molecular formula is C18H29NO2. The quantitative estimate of drug-likeness (QED) is 0.826. The highest BCUT2D eigenvalue weighted by Gasteiger charge is 2.25. The maximum atomic E-state index is 12.4. The molecule has 0 aliphatic carbocycles. The van der Waals surface area contributed by atoms with Crippen LogP contribution in [-0.4, -0.2) is 18.1 Å². The lowest BCUT2D eigenvalue weighted by Gasteiger charge is -2.28. The molecule has 3 heteroatoms. The highest BCUT2D eigenvalue weighted by Crippen LogP contribution is 2.16. The van der Waals surface area contributed by atoms with Crippen molar-refractivity contribution in [1.29, 1.82) is 0 Å². The minimum atomic E-state index is -0.437. The van der Waals surface area contributed by atoms with E-state index in [1.807, 2.05) is 38.1 Å². The van der Waals surface area contributed by atoms with Gasteiger partial charge in [0.05, 0.1) is 0 Å². The van der Waals surface area contributed by atoms with Gasteiger partial charge in [-0.3, -0.25) is 4.79 Å². The first-order valence-electron chi connectivity index (χ1n) is 7.88. The van der Waals surface area contributed by atoms with Crippen molar-refractivity contribution in [3.63, 3.8) is 0 Å². The number of nitrogens with one attached hydrogen (secondary N) is 1. The molecule has 0 fully saturated rings. The molecule has 1 N–H and O–H groups in total. The van der Waals surface area contributed by atoms with E-state index in [1.165, 1.54) is 5.56 Å². The number of rotatable bonds is 7. The standard InChI is InChI=1S/C18H29NO2/c1-7-16(21-15-10-8-14(6)9-11-15)18(20)19-17(12(2)3)13(4)5/h8-13,16-17H,7H2,1-6H3,(H,19,20). The van der Waals surface area contributed by atoms with Crippen LogP contribution in [0, 0.1) is 18.8 Å². The second-order valence-electron chi connectivity index (χ2n) is 6.35. The molecule has 21 heavy (non-hydrogen) atoms. The van der Waals surface area contributed by atoms with Crippen LogP contribution in [0.5, 0.6) is 5.75 Å². The van der Waals surface area contributed by atoms with Gasteiger partial charge in [-0.2, -0.15) is 0 Å². The van der Waals surface area contributed by atoms with Crippen LogP contribution in [0.25, 0.3) is 0 Å². The van der Waals surface area contributed by atoms with Crippen LogP contribution in [0.4, 0.5) is 0 Å². The Bertz CT molecular complexity index is 429. The summed E-state index contributed by atoms with van der Waals surface area (Å²) in [5.74, 6) is 1.54. The summed E-state index contributed by atoms with van der Waals surface area (Å²) < 4.78 is 5.83. The van der Waals surface area contributed by atoms with Crippen LogP contribution in [0.15, 0.2) is 24.3 Å². The molecule has 0 aromatic heterocycles. The van der Waals surface area contributed by atoms with Crippen molar-refractivity contribution < 1.29 is 9.53 Å². The van der Waals surface area contributed by atoms with Crippen molar-refractivity contribution in [3.05, 3.63) is 29.8 Å². The summed E-state index contributed by atoms with van der Waals surface area (Å²) >= 11 is 0. The third-order valence-corrected chi connectivity index (χ3v) is 3.71. The molecule has 0 saturated heterocycles. The van der Waals surface area contributed by atoms with E-state index < -0.39 is 6.10 Å². The van der Waals surface area contributed by atoms with Crippen molar-refractivity contribution in [1.82, 2.24) is 5.32 Å². The Hall–Kier alpha value is -1.51. The van der Waals surface area contributed by atoms with E-state index in [0.29, 0.717) is 18.3 Å². The minimum Gasteiger partial charge on any atom is -0.481 e. The van der Waals surface area contributed by atoms with Gasteiger partial charge in [0.1, 0.15) is 5.75 Å². The van der Waals surface area contributed by atoms with Crippen LogP contribution < -0.4 is 10.1 Å². The number of carbonyl (C=O) groups excluding carboxylic acids is 1. The lowest BCUT2D eigenvalue weighted by molar-refractivity contribution is -0.129. The van der Waals surface area contributed by atoms with Gasteiger partial charge in [0, 0.05) is 6.04 Å². The fourth-order valence-electron chi connectivity index (χ4n) is 2.46. The molecule has 0 radical (unpaired) electrons. The topological polar surface area (TPSA) is 38.3 Å². The smallest absolute Gasteiger partial charge is 0.261 e. The van der Waals surface area contributed by atoms with Gasteiger partial charge in [0.2, 0.25) is 0 Å². The monoisotopic (exact) mass is 291 g/mol. The Morgan fingerprint density at radius 3 is 2.05 bits per heavy atom. The predicted molar refractivity (Wildman–Crippen MR) is 87.5 cm³/mol. The number of hydrogen-bond donors (Lipinski definition) is 1. The first-order valence-corrected chi connectivity index (χ1v) is 7.88. The highest BCUT2D eigenvalue weighted by atomic mass is 16.5. The number of amides is 1. The van der Waals surface area contributed by atoms with Gasteiger partial charge in [-0.1, -0.05) is 52.3 Å². The van der Waals surface area contributed by atoms with Crippen molar-refractivity contribution in [2.45, 2.75) is 60.1 Å². The molecule has 0 bridgehead atoms. The van der Waals surface area contributed by atoms with Gasteiger partial charge < -0.3 is 10.1 Å². The highest BCUT2D eigenvalue weighted by molar-refractivity contribution is 5.81. The molecule has 0 aliphatic rings. The normalized spacial score (nSPS) is 12.8. The van der Waals surface area contributed by atoms with E-state index >= 15 is 0 Å². The Morgan fingerprint density at radius 1 is 1.10 bits per heavy atom. The van der Waals surface area contributed by atoms with E-state index in [-0.39, 0.29) is 11.9 Å². The summed E-state index contributed by atoms with van der Waals surface area (Å²) in [6.07, 6.45) is 0.218. The SMILES string of the molecule is CCC(Oc1ccc(C)cc1)C(=O)NC(C(C)C)C(C)C. The van der Waals surface area contributed by atoms with Crippen LogP contribution in [-0.2, 0) is 4.79 Å². The molecule has 0 spiro atoms. The van der Waals surface area contributed by atoms with Gasteiger partial charge in [-0.15, -0.1) is 0 Å². The zero-order chi connectivity index (χ0) is 16.0. The van der Waals surface area contributed by atoms with E-state index in [1.54, 1.807) is 0 Å². The number of hydrogen-bond acceptors (Lipinski definition) is 2. The molecule has 0 saturated carbocycles. The molecule has 1 unspecified atom stereocenters. The molecular weight excluding hydrogens is 262 g/mol. The average molecular weight is 291 g/mol. The van der Waals surface area contributed by atoms with E-state index in [4.69, 9.17) is 4.74 Å². The zero-order valence-electron chi connectivity index (χ0n) is 14.1. The summed E-state index contributed by atoms with van der Waals surface area (Å²) in [5.41, 5.74) is 1.18. The lowest BCUT2D eigenvalue weighted by Crippen LogP contribution is -2.48. The maximum absolute atomic E-state index is 12.4. The third-order valence-electron chi connectivity index (χ3n) is 3.71. The molecule has 1 aromatic carbocycles. The fourth-order valence-corrected chi connectivity index (χ4v) is 2.46. The van der Waals surface area contributed by atoms with Gasteiger partial charge in [-0.25, -0.2) is 0 Å². The maximum Gasteiger partial charge on any atom is 0.261 e. The number of carbonyl (C=O) groups is 1. The van der Waals surface area contributed by atoms with Crippen molar-refractivity contribution in [2.24, 2.45) is 11.8 Å². The van der Waals surface area contributed by atoms with Gasteiger partial charge in [0.25, 0.3) is 5.91 Å². The number of aryl methyl sites for hydroxylation is 1. The third kappa shape index (κ3) is 5.41. The van der Waals surface area contributed by atoms with E-state index in [9.17, 15) is 4.79 Å². The van der Waals surface area contributed by atoms with Crippen molar-refractivity contribution in [2.75, 3.05) is 0 Å². The van der Waals surface area contributed by atoms with Crippen LogP contribution in [0.2, 0.25) is 0 Å². The molecule has 1 atom stereocenters. The first-order chi connectivity index (χ1) is 9.85. The summed E-state index contributed by atoms with van der Waals surface area (Å²) in [6, 6.07) is 7.98. The second kappa shape index (κ2) is 8.06. The fraction of sp³-hybridized carbons (Fsp3) is 0.611. The summed E-state index contributed by atoms with van der Waals surface area (Å²) in [6.45, 7) is 12.5. The lowest BCUT2D eigenvalue weighted by atomic mass is 9.93. The average Bonchev–Trinajstić information content (AvgIpc) is 2.43. The van der Waals surface area contributed by atoms with Crippen molar-refractivity contribution in [3.8, 4) is 5.75 Å². The summed E-state index contributed by atoms with van der Waals surface area (Å²) in [5, 5.41) is 3.13. The van der Waals surface area contributed by atoms with Crippen LogP contribution >= 0.6 is 0 Å². The van der Waals surface area contributed by atoms with E-state index in [0.717, 1.165) is 5.75 Å². The summed E-state index contributed by atoms with van der Waals surface area (Å²) in [4.78, 5) is 12.4. The minimum absolute atomic E-state index is 0.0227. The second-order valence-corrected chi connectivity index (χ2v) is 6.35. The molecule has 0 aliphatic heterocycles. The number of ether oxygens (including phenoxy) is 1. The van der Waals surface area contributed by atoms with Crippen molar-refractivity contribution >= 4 is 5.91 Å². The number of benzene rings is 1. The van der Waals surface area contributed by atoms with Crippen LogP contribution in [0.3, 0.4) is 0 Å². The van der Waals surface area contributed by atoms with E-state index in [2.05, 4.69) is 33.0 Å². The van der Waals surface area contributed by atoms with Crippen LogP contribution in [0.1, 0.15) is 46.6 Å². The summed E-state index contributed by atoms with van der Waals surface area (Å²) in [7, 11) is 0. The Labute approximate surface area is 129 Å². The first kappa shape index (κ1) is 17.5. The molecule has 0 heterocycles. The Morgan fingerprint density at radius 2 is 1.62 bits per heavy atom. The zero-order valence-corrected chi connectivity index (χ0v) is 14.1. The van der Waals surface area contributed by atoms with Gasteiger partial charge in [0.15, 0.2) is 6.10 Å². The molecule has 1 amide bonds.